The summed E-state index contributed by atoms with van der Waals surface area (Å²) < 4.78 is 0. The molecule has 2 aromatic carbocycles. The third-order valence-electron chi connectivity index (χ3n) is 4.98. The number of hydrogen-bond acceptors (Lipinski definition) is 4. The monoisotopic (exact) mass is 346 g/mol. The molecule has 0 saturated heterocycles. The van der Waals surface area contributed by atoms with Crippen molar-refractivity contribution in [1.29, 1.82) is 10.8 Å². The van der Waals surface area contributed by atoms with Gasteiger partial charge in [0.1, 0.15) is 0 Å². The van der Waals surface area contributed by atoms with Gasteiger partial charge in [0.05, 0.1) is 5.71 Å². The van der Waals surface area contributed by atoms with Gasteiger partial charge in [-0.05, 0) is 60.4 Å². The van der Waals surface area contributed by atoms with E-state index < -0.39 is 0 Å². The Balaban J connectivity index is 2.17. The lowest BCUT2D eigenvalue weighted by Crippen LogP contribution is -2.31. The molecular weight excluding hydrogens is 320 g/mol. The second-order valence-electron chi connectivity index (χ2n) is 6.76. The molecule has 1 heterocycles. The van der Waals surface area contributed by atoms with Gasteiger partial charge in [-0.25, -0.2) is 0 Å². The second kappa shape index (κ2) is 7.67. The molecule has 0 radical (unpaired) electrons. The molecule has 3 rings (SSSR count). The average molecular weight is 346 g/mol. The van der Waals surface area contributed by atoms with Crippen LogP contribution >= 0.6 is 0 Å². The molecule has 26 heavy (non-hydrogen) atoms. The number of allylic oxidation sites excluding steroid dienone is 2. The quantitative estimate of drug-likeness (QED) is 0.558. The Labute approximate surface area is 155 Å². The van der Waals surface area contributed by atoms with Crippen LogP contribution in [-0.4, -0.2) is 29.4 Å². The van der Waals surface area contributed by atoms with Crippen LogP contribution in [-0.2, 0) is 13.0 Å². The summed E-state index contributed by atoms with van der Waals surface area (Å²) in [5.74, 6) is 0. The van der Waals surface area contributed by atoms with Crippen LogP contribution in [0.25, 0.3) is 11.1 Å². The number of hydrogen-bond donors (Lipinski definition) is 3. The van der Waals surface area contributed by atoms with Crippen LogP contribution in [0.2, 0.25) is 0 Å². The van der Waals surface area contributed by atoms with E-state index in [9.17, 15) is 0 Å². The molecule has 4 heteroatoms. The van der Waals surface area contributed by atoms with Crippen molar-refractivity contribution in [3.05, 3.63) is 65.2 Å². The predicted octanol–water partition coefficient (Wildman–Crippen LogP) is 4.28. The number of benzene rings is 2. The molecule has 0 amide bonds. The topological polar surface area (TPSA) is 77.0 Å². The maximum absolute atomic E-state index is 8.46. The Morgan fingerprint density at radius 1 is 1.15 bits per heavy atom. The van der Waals surface area contributed by atoms with Gasteiger partial charge in [0.15, 0.2) is 0 Å². The molecule has 0 aliphatic carbocycles. The van der Waals surface area contributed by atoms with Crippen molar-refractivity contribution < 1.29 is 0 Å². The lowest BCUT2D eigenvalue weighted by atomic mass is 9.86. The molecule has 2 aromatic rings. The smallest absolute Gasteiger partial charge is 0.0633 e. The van der Waals surface area contributed by atoms with Crippen LogP contribution in [0, 0.1) is 10.8 Å². The molecule has 0 spiro atoms. The van der Waals surface area contributed by atoms with Gasteiger partial charge in [0.2, 0.25) is 0 Å². The van der Waals surface area contributed by atoms with E-state index in [0.29, 0.717) is 17.1 Å². The Morgan fingerprint density at radius 3 is 2.54 bits per heavy atom. The lowest BCUT2D eigenvalue weighted by Gasteiger charge is -2.31. The molecule has 0 atom stereocenters. The van der Waals surface area contributed by atoms with Gasteiger partial charge >= 0.3 is 0 Å². The van der Waals surface area contributed by atoms with Crippen LogP contribution in [0.3, 0.4) is 0 Å². The summed E-state index contributed by atoms with van der Waals surface area (Å²) >= 11 is 0. The maximum atomic E-state index is 8.46. The number of nitrogens with one attached hydrogen (secondary N) is 2. The van der Waals surface area contributed by atoms with Crippen LogP contribution in [0.1, 0.15) is 30.5 Å². The van der Waals surface area contributed by atoms with E-state index in [1.54, 1.807) is 19.1 Å². The minimum atomic E-state index is 0.350. The van der Waals surface area contributed by atoms with Crippen LogP contribution in [0.15, 0.2) is 48.6 Å². The van der Waals surface area contributed by atoms with Crippen molar-refractivity contribution in [2.45, 2.75) is 26.8 Å². The standard InChI is InChI=1S/C22H26N4/c1-3-26-12-11-17-18(16-7-5-4-6-8-16)13-19(22(25)20(17)14-26)21(24)10-9-15(2)23/h4-10,13,23-24H,3,11-12,14,25H2,1-2H3/b10-9-,23-15?,24-21?. The SMILES string of the molecule is CCN1CCc2c(-c3ccccc3)cc(C(=N)/C=C\C(C)=N)c(N)c2C1. The summed E-state index contributed by atoms with van der Waals surface area (Å²) in [6.45, 7) is 6.72. The summed E-state index contributed by atoms with van der Waals surface area (Å²) in [7, 11) is 0. The summed E-state index contributed by atoms with van der Waals surface area (Å²) in [5.41, 5.74) is 13.5. The van der Waals surface area contributed by atoms with Crippen molar-refractivity contribution in [2.24, 2.45) is 0 Å². The third-order valence-corrected chi connectivity index (χ3v) is 4.98. The summed E-state index contributed by atoms with van der Waals surface area (Å²) in [5, 5.41) is 16.0. The Kier molecular flexibility index (Phi) is 5.33. The zero-order valence-electron chi connectivity index (χ0n) is 15.5. The number of nitrogens with two attached hydrogens (primary N) is 1. The van der Waals surface area contributed by atoms with Gasteiger partial charge in [-0.1, -0.05) is 37.3 Å². The lowest BCUT2D eigenvalue weighted by molar-refractivity contribution is 0.269. The van der Waals surface area contributed by atoms with Crippen LogP contribution in [0.4, 0.5) is 5.69 Å². The van der Waals surface area contributed by atoms with Crippen molar-refractivity contribution in [3.8, 4) is 11.1 Å². The zero-order chi connectivity index (χ0) is 18.7. The highest BCUT2D eigenvalue weighted by molar-refractivity contribution is 6.13. The first-order valence-electron chi connectivity index (χ1n) is 9.05. The normalized spacial score (nSPS) is 14.4. The first-order chi connectivity index (χ1) is 12.5. The molecule has 134 valence electrons. The van der Waals surface area contributed by atoms with E-state index in [1.165, 1.54) is 11.1 Å². The minimum absolute atomic E-state index is 0.350. The largest absolute Gasteiger partial charge is 0.398 e. The van der Waals surface area contributed by atoms with E-state index in [2.05, 4.69) is 30.0 Å². The molecular formula is C22H26N4. The van der Waals surface area contributed by atoms with Crippen molar-refractivity contribution in [3.63, 3.8) is 0 Å². The van der Waals surface area contributed by atoms with Gasteiger partial charge < -0.3 is 16.6 Å². The molecule has 0 bridgehead atoms. The van der Waals surface area contributed by atoms with E-state index in [1.807, 2.05) is 18.2 Å². The fourth-order valence-electron chi connectivity index (χ4n) is 3.50. The number of nitrogens with zero attached hydrogens (tertiary/aromatic N) is 1. The van der Waals surface area contributed by atoms with E-state index >= 15 is 0 Å². The Morgan fingerprint density at radius 2 is 1.88 bits per heavy atom. The predicted molar refractivity (Wildman–Crippen MR) is 110 cm³/mol. The molecule has 1 aliphatic heterocycles. The van der Waals surface area contributed by atoms with E-state index in [0.717, 1.165) is 42.7 Å². The second-order valence-corrected chi connectivity index (χ2v) is 6.76. The molecule has 0 aromatic heterocycles. The van der Waals surface area contributed by atoms with Crippen LogP contribution < -0.4 is 5.73 Å². The van der Waals surface area contributed by atoms with Gasteiger partial charge in [0, 0.05) is 30.1 Å². The van der Waals surface area contributed by atoms with Gasteiger partial charge in [0.25, 0.3) is 0 Å². The highest BCUT2D eigenvalue weighted by Crippen LogP contribution is 2.36. The molecule has 0 unspecified atom stereocenters. The highest BCUT2D eigenvalue weighted by Gasteiger charge is 2.23. The van der Waals surface area contributed by atoms with Gasteiger partial charge in [-0.3, -0.25) is 4.90 Å². The number of fused-ring (bicyclic) bond motifs is 1. The van der Waals surface area contributed by atoms with Crippen molar-refractivity contribution in [2.75, 3.05) is 18.8 Å². The third kappa shape index (κ3) is 3.60. The summed E-state index contributed by atoms with van der Waals surface area (Å²) in [6.07, 6.45) is 4.28. The van der Waals surface area contributed by atoms with Gasteiger partial charge in [-0.15, -0.1) is 0 Å². The minimum Gasteiger partial charge on any atom is -0.398 e. The van der Waals surface area contributed by atoms with Crippen molar-refractivity contribution >= 4 is 17.1 Å². The number of nitrogen functional groups attached to an aromatic ring is 1. The van der Waals surface area contributed by atoms with Crippen LogP contribution in [0.5, 0.6) is 0 Å². The Hall–Kier alpha value is -2.72. The molecule has 0 saturated carbocycles. The average Bonchev–Trinajstić information content (AvgIpc) is 2.67. The van der Waals surface area contributed by atoms with E-state index in [4.69, 9.17) is 16.6 Å². The molecule has 1 aliphatic rings. The fraction of sp³-hybridized carbons (Fsp3) is 0.273. The zero-order valence-corrected chi connectivity index (χ0v) is 15.5. The highest BCUT2D eigenvalue weighted by atomic mass is 15.1. The van der Waals surface area contributed by atoms with Gasteiger partial charge in [-0.2, -0.15) is 0 Å². The summed E-state index contributed by atoms with van der Waals surface area (Å²) in [4.78, 5) is 2.39. The molecule has 0 fully saturated rings. The number of anilines is 1. The molecule has 4 nitrogen and oxygen atoms in total. The number of rotatable bonds is 5. The molecule has 4 N–H and O–H groups in total. The maximum Gasteiger partial charge on any atom is 0.0633 e. The fourth-order valence-corrected chi connectivity index (χ4v) is 3.50. The van der Waals surface area contributed by atoms with Crippen molar-refractivity contribution in [1.82, 2.24) is 4.90 Å². The summed E-state index contributed by atoms with van der Waals surface area (Å²) in [6, 6.07) is 12.4. The first-order valence-corrected chi connectivity index (χ1v) is 9.05. The Bertz CT molecular complexity index is 865. The van der Waals surface area contributed by atoms with E-state index in [-0.39, 0.29) is 0 Å². The first kappa shape index (κ1) is 18.1. The number of likely N-dealkylation sites (N-methyl/N-ethyl adjacent to an activating group) is 1.